The van der Waals surface area contributed by atoms with Gasteiger partial charge in [-0.2, -0.15) is 0 Å². The molecular weight excluding hydrogens is 1020 g/mol. The van der Waals surface area contributed by atoms with Crippen molar-refractivity contribution in [1.29, 1.82) is 0 Å². The SMILES string of the molecule is COc1ccc2c(CC(=O)N3CCC[C@@H]3C(=O)N[C@H](CC(C)C)C(=O)NCC(=O)N[C@H](CC(C)C)C(=O)NC(c3ccc([N+](=O)[O-])cc3[N+](=O)[O-])[C@H](N)C(=O)N[C@@H](C)C(=O)N[C@@H](CCCN=C(N)N)C(N)=O)cc(=O)oc2c1. The van der Waals surface area contributed by atoms with Crippen LogP contribution in [0.25, 0.3) is 11.0 Å². The molecule has 78 heavy (non-hydrogen) atoms. The summed E-state index contributed by atoms with van der Waals surface area (Å²) >= 11 is 0. The Kier molecular flexibility index (Phi) is 22.5. The van der Waals surface area contributed by atoms with Crippen LogP contribution in [0.15, 0.2) is 56.7 Å². The molecule has 29 heteroatoms. The average molecular weight is 1090 g/mol. The molecule has 1 saturated heterocycles. The van der Waals surface area contributed by atoms with Crippen LogP contribution in [0.3, 0.4) is 0 Å². The number of guanidine groups is 1. The van der Waals surface area contributed by atoms with E-state index in [1.54, 1.807) is 39.8 Å². The number of nitro groups is 2. The van der Waals surface area contributed by atoms with Crippen LogP contribution in [0.5, 0.6) is 5.75 Å². The van der Waals surface area contributed by atoms with E-state index in [1.165, 1.54) is 31.1 Å². The summed E-state index contributed by atoms with van der Waals surface area (Å²) in [4.78, 5) is 148. The number of carbonyl (C=O) groups excluding carboxylic acids is 8. The van der Waals surface area contributed by atoms with Crippen molar-refractivity contribution in [1.82, 2.24) is 36.8 Å². The van der Waals surface area contributed by atoms with Gasteiger partial charge in [0.1, 0.15) is 47.6 Å². The monoisotopic (exact) mass is 1090 g/mol. The van der Waals surface area contributed by atoms with Gasteiger partial charge in [-0.3, -0.25) is 63.6 Å². The summed E-state index contributed by atoms with van der Waals surface area (Å²) in [6.07, 6.45) is 0.769. The summed E-state index contributed by atoms with van der Waals surface area (Å²) in [7, 11) is 1.45. The van der Waals surface area contributed by atoms with Crippen LogP contribution in [0.4, 0.5) is 11.4 Å². The summed E-state index contributed by atoms with van der Waals surface area (Å²) in [5.74, 6) is -7.02. The van der Waals surface area contributed by atoms with Gasteiger partial charge in [-0.15, -0.1) is 0 Å². The second kappa shape index (κ2) is 28.4. The van der Waals surface area contributed by atoms with Crippen molar-refractivity contribution in [3.63, 3.8) is 0 Å². The third-order valence-electron chi connectivity index (χ3n) is 12.5. The van der Waals surface area contributed by atoms with Crippen LogP contribution in [0.1, 0.15) is 90.3 Å². The highest BCUT2D eigenvalue weighted by Crippen LogP contribution is 2.32. The number of primary amides is 1. The lowest BCUT2D eigenvalue weighted by Gasteiger charge is -2.29. The van der Waals surface area contributed by atoms with E-state index in [1.807, 2.05) is 0 Å². The molecule has 3 aromatic rings. The van der Waals surface area contributed by atoms with Crippen molar-refractivity contribution >= 4 is 75.6 Å². The number of aliphatic imine (C=N–C) groups is 1. The molecular formula is C49H68N14O15. The van der Waals surface area contributed by atoms with Crippen molar-refractivity contribution in [3.05, 3.63) is 84.2 Å². The number of ether oxygens (including phenoxy) is 1. The maximum Gasteiger partial charge on any atom is 0.336 e. The molecule has 2 aromatic carbocycles. The fourth-order valence-corrected chi connectivity index (χ4v) is 8.59. The Bertz CT molecular complexity index is 2830. The Morgan fingerprint density at radius 1 is 0.808 bits per heavy atom. The lowest BCUT2D eigenvalue weighted by molar-refractivity contribution is -0.394. The van der Waals surface area contributed by atoms with Crippen molar-refractivity contribution in [3.8, 4) is 5.75 Å². The van der Waals surface area contributed by atoms with Crippen molar-refractivity contribution in [2.75, 3.05) is 26.7 Å². The van der Waals surface area contributed by atoms with E-state index in [0.29, 0.717) is 29.2 Å². The van der Waals surface area contributed by atoms with E-state index < -0.39 is 129 Å². The zero-order chi connectivity index (χ0) is 58.1. The Morgan fingerprint density at radius 2 is 1.47 bits per heavy atom. The maximum atomic E-state index is 14.2. The van der Waals surface area contributed by atoms with Crippen LogP contribution in [0, 0.1) is 32.1 Å². The van der Waals surface area contributed by atoms with Gasteiger partial charge >= 0.3 is 5.63 Å². The highest BCUT2D eigenvalue weighted by atomic mass is 16.6. The normalized spacial score (nSPS) is 15.4. The zero-order valence-electron chi connectivity index (χ0n) is 44.0. The molecule has 2 heterocycles. The molecule has 0 aliphatic carbocycles. The maximum absolute atomic E-state index is 14.2. The first kappa shape index (κ1) is 61.8. The number of non-ortho nitro benzene ring substituents is 1. The Labute approximate surface area is 447 Å². The smallest absolute Gasteiger partial charge is 0.336 e. The van der Waals surface area contributed by atoms with Gasteiger partial charge in [0.2, 0.25) is 47.3 Å². The van der Waals surface area contributed by atoms with Crippen LogP contribution in [-0.4, -0.2) is 131 Å². The van der Waals surface area contributed by atoms with Crippen molar-refractivity contribution < 1.29 is 57.4 Å². The van der Waals surface area contributed by atoms with Crippen molar-refractivity contribution in [2.45, 2.75) is 122 Å². The molecule has 0 spiro atoms. The summed E-state index contributed by atoms with van der Waals surface area (Å²) in [5.41, 5.74) is 20.3. The minimum Gasteiger partial charge on any atom is -0.497 e. The number of hydrogen-bond acceptors (Lipinski definition) is 17. The molecule has 1 fully saturated rings. The standard InChI is InChI=1S/C49H68N14O15/c1-24(2)17-33(59-47(71)35-10-8-16-61(35)39(65)19-27-20-40(66)78-37-22-29(77-6)12-14-30(27)37)45(69)55-23-38(64)57-34(18-25(3)4)46(70)60-42(31-13-11-28(62(73)74)21-36(31)63(75)76)41(50)48(72)56-26(5)44(68)58-32(43(51)67)9-7-15-54-49(52)53/h11-14,20-22,24-26,32-35,41-42H,7-10,15-19,23,50H2,1-6H3,(H2,51,67)(H,55,69)(H,56,72)(H,57,64)(H,58,68)(H,59,71)(H,60,70)(H4,52,53,54)/t26-,32-,33+,34+,35+,41-,42?/m0/s1. The highest BCUT2D eigenvalue weighted by molar-refractivity contribution is 5.96. The lowest BCUT2D eigenvalue weighted by Crippen LogP contribution is -2.58. The van der Waals surface area contributed by atoms with Gasteiger partial charge in [0.25, 0.3) is 11.4 Å². The number of amides is 8. The molecule has 1 aliphatic heterocycles. The highest BCUT2D eigenvalue weighted by Gasteiger charge is 2.39. The van der Waals surface area contributed by atoms with E-state index in [-0.39, 0.29) is 75.0 Å². The third kappa shape index (κ3) is 17.7. The Morgan fingerprint density at radius 3 is 2.08 bits per heavy atom. The molecule has 4 rings (SSSR count). The number of methoxy groups -OCH3 is 1. The van der Waals surface area contributed by atoms with Gasteiger partial charge in [-0.1, -0.05) is 27.7 Å². The summed E-state index contributed by atoms with van der Waals surface area (Å²) < 4.78 is 10.5. The van der Waals surface area contributed by atoms with Gasteiger partial charge in [-0.05, 0) is 81.0 Å². The molecule has 424 valence electrons. The number of nitrogens with two attached hydrogens (primary N) is 4. The molecule has 0 bridgehead atoms. The van der Waals surface area contributed by atoms with Gasteiger partial charge < -0.3 is 68.9 Å². The summed E-state index contributed by atoms with van der Waals surface area (Å²) in [5, 5.41) is 39.4. The number of fused-ring (bicyclic) bond motifs is 1. The van der Waals surface area contributed by atoms with E-state index in [9.17, 15) is 63.4 Å². The molecule has 0 radical (unpaired) electrons. The van der Waals surface area contributed by atoms with Crippen LogP contribution in [-0.2, 0) is 44.8 Å². The number of benzene rings is 2. The predicted molar refractivity (Wildman–Crippen MR) is 281 cm³/mol. The van der Waals surface area contributed by atoms with Gasteiger partial charge in [-0.25, -0.2) is 4.79 Å². The topological polar surface area (TPSA) is 454 Å². The minimum atomic E-state index is -1.97. The number of nitrogens with zero attached hydrogens (tertiary/aromatic N) is 4. The Hall–Kier alpha value is -8.76. The second-order valence-electron chi connectivity index (χ2n) is 19.4. The first-order valence-electron chi connectivity index (χ1n) is 24.9. The molecule has 8 amide bonds. The van der Waals surface area contributed by atoms with Crippen LogP contribution >= 0.6 is 0 Å². The van der Waals surface area contributed by atoms with Gasteiger partial charge in [0.05, 0.1) is 47.6 Å². The number of nitrogens with one attached hydrogen (secondary N) is 6. The molecule has 29 nitrogen and oxygen atoms in total. The molecule has 1 unspecified atom stereocenters. The molecule has 1 aromatic heterocycles. The van der Waals surface area contributed by atoms with Crippen LogP contribution in [0.2, 0.25) is 0 Å². The number of hydrogen-bond donors (Lipinski definition) is 10. The van der Waals surface area contributed by atoms with Gasteiger partial charge in [0, 0.05) is 36.7 Å². The number of likely N-dealkylation sites (tertiary alicyclic amines) is 1. The molecule has 14 N–H and O–H groups in total. The van der Waals surface area contributed by atoms with E-state index >= 15 is 0 Å². The average Bonchev–Trinajstić information content (AvgIpc) is 3.90. The fourth-order valence-electron chi connectivity index (χ4n) is 8.59. The Balaban J connectivity index is 1.49. The quantitative estimate of drug-likeness (QED) is 0.0105. The van der Waals surface area contributed by atoms with Gasteiger partial charge in [0.15, 0.2) is 5.96 Å². The van der Waals surface area contributed by atoms with E-state index in [0.717, 1.165) is 12.1 Å². The number of nitro benzene ring substituents is 2. The molecule has 7 atom stereocenters. The zero-order valence-corrected chi connectivity index (χ0v) is 44.0. The van der Waals surface area contributed by atoms with E-state index in [2.05, 4.69) is 36.9 Å². The third-order valence-corrected chi connectivity index (χ3v) is 12.5. The molecule has 1 aliphatic rings. The summed E-state index contributed by atoms with van der Waals surface area (Å²) in [6, 6.07) is -1.70. The number of rotatable bonds is 28. The summed E-state index contributed by atoms with van der Waals surface area (Å²) in [6.45, 7) is 7.81. The molecule has 0 saturated carbocycles. The lowest BCUT2D eigenvalue weighted by atomic mass is 9.95. The fraction of sp³-hybridized carbons (Fsp3) is 0.510. The van der Waals surface area contributed by atoms with E-state index in [4.69, 9.17) is 32.1 Å². The predicted octanol–water partition coefficient (Wildman–Crippen LogP) is -0.957. The van der Waals surface area contributed by atoms with Crippen molar-refractivity contribution in [2.24, 2.45) is 39.8 Å². The minimum absolute atomic E-state index is 0.00829. The second-order valence-corrected chi connectivity index (χ2v) is 19.4. The first-order valence-corrected chi connectivity index (χ1v) is 24.9. The first-order chi connectivity index (χ1) is 36.7. The van der Waals surface area contributed by atoms with Crippen LogP contribution < -0.4 is 65.2 Å². The number of carbonyl (C=O) groups is 8. The largest absolute Gasteiger partial charge is 0.497 e.